The SMILES string of the molecule is CC(C)(C)C1=CC(C(C)(C)C)OC1=O.CC(C)(C)C1=CN(C(C)(C)C)OC1.CC(C)(C)C1=COC(C(C)(C)C)C1.CC(C)(C)C1=NOC(C(C)(C)C)C1.CC(C)(C)C1CN(C(C)(C)C)C(=O)O1.CC(C)(C)c1cn(C(C)(C)C)oc1=O. The molecule has 0 radical (unpaired) electrons. The van der Waals surface area contributed by atoms with Crippen LogP contribution in [0.5, 0.6) is 0 Å². The molecular weight excluding hydrogens is 1020 g/mol. The Morgan fingerprint density at radius 3 is 1.20 bits per heavy atom. The molecule has 0 spiro atoms. The Hall–Kier alpha value is -4.00. The van der Waals surface area contributed by atoms with Crippen LogP contribution in [0, 0.1) is 43.3 Å². The van der Waals surface area contributed by atoms with Gasteiger partial charge in [0.1, 0.15) is 24.4 Å². The fourth-order valence-corrected chi connectivity index (χ4v) is 7.93. The minimum absolute atomic E-state index is 0.00854. The molecule has 0 aromatic carbocycles. The summed E-state index contributed by atoms with van der Waals surface area (Å²) in [6.45, 7) is 77.8. The fraction of sp³-hybridized carbons (Fsp3) is 0.824. The second kappa shape index (κ2) is 26.1. The summed E-state index contributed by atoms with van der Waals surface area (Å²) in [5.41, 5.74) is 5.86. The molecule has 5 aliphatic rings. The largest absolute Gasteiger partial charge is 0.497 e. The number of amides is 1. The summed E-state index contributed by atoms with van der Waals surface area (Å²) in [6, 6.07) is 0. The van der Waals surface area contributed by atoms with Crippen LogP contribution in [0.25, 0.3) is 0 Å². The van der Waals surface area contributed by atoms with Crippen LogP contribution < -0.4 is 5.63 Å². The van der Waals surface area contributed by atoms with Crippen LogP contribution in [0.1, 0.15) is 268 Å². The van der Waals surface area contributed by atoms with Gasteiger partial charge in [0.25, 0.3) is 0 Å². The van der Waals surface area contributed by atoms with Crippen LogP contribution in [0.15, 0.2) is 55.9 Å². The van der Waals surface area contributed by atoms with Gasteiger partial charge in [-0.25, -0.2) is 19.1 Å². The van der Waals surface area contributed by atoms with E-state index in [9.17, 15) is 14.4 Å². The van der Waals surface area contributed by atoms with Crippen LogP contribution in [0.4, 0.5) is 4.79 Å². The van der Waals surface area contributed by atoms with Crippen molar-refractivity contribution in [1.29, 1.82) is 0 Å². The Morgan fingerprint density at radius 1 is 0.494 bits per heavy atom. The molecule has 13 heteroatoms. The second-order valence-electron chi connectivity index (χ2n) is 35.4. The number of carbonyl (C=O) groups excluding carboxylic acids is 2. The molecule has 81 heavy (non-hydrogen) atoms. The molecule has 6 rings (SSSR count). The maximum absolute atomic E-state index is 11.6. The van der Waals surface area contributed by atoms with Crippen LogP contribution in [-0.2, 0) is 39.6 Å². The maximum atomic E-state index is 11.6. The van der Waals surface area contributed by atoms with E-state index in [1.165, 1.54) is 16.9 Å². The van der Waals surface area contributed by atoms with Gasteiger partial charge in [-0.05, 0) is 107 Å². The molecule has 1 aromatic heterocycles. The summed E-state index contributed by atoms with van der Waals surface area (Å²) < 4.78 is 23.2. The van der Waals surface area contributed by atoms with E-state index in [-0.39, 0.29) is 101 Å². The number of rotatable bonds is 0. The number of cyclic esters (lactones) is 2. The second-order valence-corrected chi connectivity index (χ2v) is 35.4. The first kappa shape index (κ1) is 75.0. The molecule has 1 aromatic rings. The highest BCUT2D eigenvalue weighted by molar-refractivity contribution is 5.92. The Morgan fingerprint density at radius 2 is 0.975 bits per heavy atom. The molecule has 4 unspecified atom stereocenters. The summed E-state index contributed by atoms with van der Waals surface area (Å²) in [4.78, 5) is 47.6. The minimum Gasteiger partial charge on any atom is -0.497 e. The summed E-state index contributed by atoms with van der Waals surface area (Å²) in [5, 5.41) is 6.12. The number of carbonyl (C=O) groups is 2. The molecule has 1 saturated heterocycles. The van der Waals surface area contributed by atoms with Crippen molar-refractivity contribution in [2.75, 3.05) is 13.2 Å². The van der Waals surface area contributed by atoms with Crippen molar-refractivity contribution in [3.8, 4) is 0 Å². The Bertz CT molecular complexity index is 2350. The van der Waals surface area contributed by atoms with Crippen molar-refractivity contribution < 1.29 is 38.0 Å². The predicted octanol–water partition coefficient (Wildman–Crippen LogP) is 18.0. The van der Waals surface area contributed by atoms with Crippen molar-refractivity contribution in [3.05, 3.63) is 57.4 Å². The lowest BCUT2D eigenvalue weighted by Gasteiger charge is -2.30. The van der Waals surface area contributed by atoms with Gasteiger partial charge < -0.3 is 23.6 Å². The van der Waals surface area contributed by atoms with Gasteiger partial charge in [0.15, 0.2) is 0 Å². The zero-order chi connectivity index (χ0) is 64.3. The van der Waals surface area contributed by atoms with Crippen molar-refractivity contribution in [2.24, 2.45) is 48.5 Å². The Labute approximate surface area is 496 Å². The zero-order valence-corrected chi connectivity index (χ0v) is 58.9. The van der Waals surface area contributed by atoms with E-state index in [1.54, 1.807) is 9.64 Å². The summed E-state index contributed by atoms with van der Waals surface area (Å²) in [5.74, 6) is -0.155. The summed E-state index contributed by atoms with van der Waals surface area (Å²) in [7, 11) is 0. The fourth-order valence-electron chi connectivity index (χ4n) is 7.93. The van der Waals surface area contributed by atoms with E-state index >= 15 is 0 Å². The molecule has 0 bridgehead atoms. The Kier molecular flexibility index (Phi) is 24.2. The number of oxime groups is 1. The first-order valence-electron chi connectivity index (χ1n) is 29.9. The van der Waals surface area contributed by atoms with Crippen molar-refractivity contribution in [2.45, 2.75) is 309 Å². The van der Waals surface area contributed by atoms with Crippen molar-refractivity contribution in [1.82, 2.24) is 14.7 Å². The van der Waals surface area contributed by atoms with Gasteiger partial charge in [0.05, 0.1) is 48.0 Å². The van der Waals surface area contributed by atoms with E-state index in [0.717, 1.165) is 30.6 Å². The number of hydroxylamine groups is 2. The van der Waals surface area contributed by atoms with Gasteiger partial charge in [-0.3, -0.25) is 14.8 Å². The molecule has 4 atom stereocenters. The van der Waals surface area contributed by atoms with Gasteiger partial charge in [-0.15, -0.1) is 0 Å². The average molecular weight is 1140 g/mol. The molecule has 470 valence electrons. The normalized spacial score (nSPS) is 21.3. The summed E-state index contributed by atoms with van der Waals surface area (Å²) in [6.07, 6.45) is 10.3. The third-order valence-electron chi connectivity index (χ3n) is 14.6. The van der Waals surface area contributed by atoms with Crippen LogP contribution in [0.2, 0.25) is 0 Å². The number of hydrogen-bond donors (Lipinski definition) is 0. The lowest BCUT2D eigenvalue weighted by atomic mass is 9.80. The van der Waals surface area contributed by atoms with E-state index in [4.69, 9.17) is 28.4 Å². The highest BCUT2D eigenvalue weighted by Gasteiger charge is 2.43. The Balaban J connectivity index is 0.000000486. The lowest BCUT2D eigenvalue weighted by Crippen LogP contribution is -2.43. The number of aromatic nitrogens is 1. The highest BCUT2D eigenvalue weighted by atomic mass is 16.7. The molecule has 6 heterocycles. The van der Waals surface area contributed by atoms with Gasteiger partial charge in [0.2, 0.25) is 0 Å². The first-order chi connectivity index (χ1) is 35.5. The third kappa shape index (κ3) is 24.3. The average Bonchev–Trinajstić information content (AvgIpc) is 4.06. The summed E-state index contributed by atoms with van der Waals surface area (Å²) >= 11 is 0. The smallest absolute Gasteiger partial charge is 0.410 e. The molecule has 13 nitrogen and oxygen atoms in total. The van der Waals surface area contributed by atoms with E-state index < -0.39 is 0 Å². The quantitative estimate of drug-likeness (QED) is 0.231. The lowest BCUT2D eigenvalue weighted by molar-refractivity contribution is -0.147. The first-order valence-corrected chi connectivity index (χ1v) is 29.9. The van der Waals surface area contributed by atoms with E-state index in [1.807, 2.05) is 107 Å². The molecule has 5 aliphatic heterocycles. The molecular formula is C68H124N4O9. The molecule has 1 amide bonds. The topological polar surface area (TPSA) is 134 Å². The standard InChI is InChI=1S/C12H20O2.C12H22O.C11H21NO2.C11H19NO2.2C11H21NO/c1-11(2,3)8-7-9(12(4,5)6)14-10(8)13;1-11(2,3)9-7-10(13-8-9)12(4,5)6;1-10(2,3)8-7-12(9(13)14-8)11(4,5)6;1-10(2,3)8-7-12(11(4,5)6)14-9(8)13;1-10(2,3)9-7-12(13-8-9)11(4,5)6;1-10(2,3)8-7-9(13-12-8)11(4,5)6/h7,9H,1-6H3;8,10H,7H2,1-6H3;8H,7H2,1-6H3;7H,1-6H3;7H,8H2,1-6H3;9H,7H2,1-6H3. The number of nitrogens with zero attached hydrogens (tertiary/aromatic N) is 4. The van der Waals surface area contributed by atoms with Gasteiger partial charge in [-0.1, -0.05) is 192 Å². The van der Waals surface area contributed by atoms with Crippen LogP contribution in [0.3, 0.4) is 0 Å². The monoisotopic (exact) mass is 1140 g/mol. The molecule has 0 aliphatic carbocycles. The predicted molar refractivity (Wildman–Crippen MR) is 337 cm³/mol. The number of hydrogen-bond acceptors (Lipinski definition) is 11. The molecule has 0 saturated carbocycles. The van der Waals surface area contributed by atoms with Crippen LogP contribution >= 0.6 is 0 Å². The highest BCUT2D eigenvalue weighted by Crippen LogP contribution is 2.41. The number of esters is 1. The van der Waals surface area contributed by atoms with Gasteiger partial charge in [-0.2, -0.15) is 0 Å². The third-order valence-corrected chi connectivity index (χ3v) is 14.6. The number of ether oxygens (including phenoxy) is 3. The van der Waals surface area contributed by atoms with Gasteiger partial charge in [0, 0.05) is 51.8 Å². The molecule has 1 fully saturated rings. The van der Waals surface area contributed by atoms with Crippen molar-refractivity contribution in [3.63, 3.8) is 0 Å². The van der Waals surface area contributed by atoms with Gasteiger partial charge >= 0.3 is 17.7 Å². The zero-order valence-electron chi connectivity index (χ0n) is 58.9. The van der Waals surface area contributed by atoms with E-state index in [0.29, 0.717) is 12.6 Å². The van der Waals surface area contributed by atoms with E-state index in [2.05, 4.69) is 178 Å². The van der Waals surface area contributed by atoms with Crippen molar-refractivity contribution >= 4 is 17.8 Å². The molecule has 0 N–H and O–H groups in total. The minimum atomic E-state index is -0.229. The maximum Gasteiger partial charge on any atom is 0.410 e. The van der Waals surface area contributed by atoms with Crippen LogP contribution in [-0.4, -0.2) is 81.1 Å².